The SMILES string of the molecule is O=C(/N=N/C(=O)Nc1ccc(F)cc1)NCc1ccncc1. The summed E-state index contributed by atoms with van der Waals surface area (Å²) in [5.41, 5.74) is 1.19. The standard InChI is InChI=1S/C14H12FN5O2/c15-11-1-3-12(4-2-11)18-14(22)20-19-13(21)17-9-10-5-7-16-8-6-10/h1-8H,9H2,(H,17,21)(H,18,22)/b20-19+. The van der Waals surface area contributed by atoms with Crippen LogP contribution >= 0.6 is 0 Å². The molecule has 0 aliphatic rings. The van der Waals surface area contributed by atoms with Crippen LogP contribution in [0.15, 0.2) is 59.0 Å². The van der Waals surface area contributed by atoms with E-state index in [0.29, 0.717) is 5.69 Å². The summed E-state index contributed by atoms with van der Waals surface area (Å²) in [5, 5.41) is 11.2. The van der Waals surface area contributed by atoms with Gasteiger partial charge in [-0.2, -0.15) is 0 Å². The van der Waals surface area contributed by atoms with Gasteiger partial charge in [-0.25, -0.2) is 14.0 Å². The summed E-state index contributed by atoms with van der Waals surface area (Å²) in [6.45, 7) is 0.250. The number of carbonyl (C=O) groups is 2. The number of hydrogen-bond acceptors (Lipinski definition) is 3. The fourth-order valence-corrected chi connectivity index (χ4v) is 1.49. The quantitative estimate of drug-likeness (QED) is 0.852. The van der Waals surface area contributed by atoms with Crippen LogP contribution in [0.5, 0.6) is 0 Å². The third-order valence-electron chi connectivity index (χ3n) is 2.52. The number of rotatable bonds is 3. The summed E-state index contributed by atoms with van der Waals surface area (Å²) in [6.07, 6.45) is 3.19. The van der Waals surface area contributed by atoms with Gasteiger partial charge in [-0.1, -0.05) is 10.2 Å². The number of urea groups is 2. The first-order valence-corrected chi connectivity index (χ1v) is 6.28. The van der Waals surface area contributed by atoms with E-state index < -0.39 is 17.9 Å². The van der Waals surface area contributed by atoms with Crippen molar-refractivity contribution in [1.29, 1.82) is 0 Å². The number of nitrogens with one attached hydrogen (secondary N) is 2. The van der Waals surface area contributed by atoms with E-state index in [2.05, 4.69) is 25.8 Å². The number of pyridine rings is 1. The lowest BCUT2D eigenvalue weighted by Crippen LogP contribution is -2.19. The number of aromatic nitrogens is 1. The highest BCUT2D eigenvalue weighted by atomic mass is 19.1. The zero-order chi connectivity index (χ0) is 15.8. The molecule has 0 radical (unpaired) electrons. The number of benzene rings is 1. The van der Waals surface area contributed by atoms with E-state index in [1.54, 1.807) is 24.5 Å². The Bertz CT molecular complexity index is 673. The van der Waals surface area contributed by atoms with Gasteiger partial charge in [0.05, 0.1) is 0 Å². The monoisotopic (exact) mass is 301 g/mol. The lowest BCUT2D eigenvalue weighted by atomic mass is 10.3. The van der Waals surface area contributed by atoms with E-state index >= 15 is 0 Å². The number of amides is 4. The largest absolute Gasteiger partial charge is 0.364 e. The summed E-state index contributed by atoms with van der Waals surface area (Å²) >= 11 is 0. The molecule has 7 nitrogen and oxygen atoms in total. The predicted octanol–water partition coefficient (Wildman–Crippen LogP) is 3.11. The van der Waals surface area contributed by atoms with Gasteiger partial charge in [-0.05, 0) is 42.0 Å². The van der Waals surface area contributed by atoms with Crippen LogP contribution in [0, 0.1) is 5.82 Å². The van der Waals surface area contributed by atoms with Crippen LogP contribution in [0.4, 0.5) is 19.7 Å². The maximum absolute atomic E-state index is 12.7. The van der Waals surface area contributed by atoms with Crippen LogP contribution in [0.2, 0.25) is 0 Å². The second-order valence-corrected chi connectivity index (χ2v) is 4.15. The maximum atomic E-state index is 12.7. The van der Waals surface area contributed by atoms with Gasteiger partial charge >= 0.3 is 12.1 Å². The van der Waals surface area contributed by atoms with Crippen LogP contribution in [-0.2, 0) is 6.54 Å². The molecule has 2 rings (SSSR count). The van der Waals surface area contributed by atoms with Gasteiger partial charge in [0.1, 0.15) is 5.82 Å². The molecule has 1 aromatic heterocycles. The van der Waals surface area contributed by atoms with Gasteiger partial charge in [-0.15, -0.1) is 0 Å². The smallest absolute Gasteiger partial charge is 0.331 e. The van der Waals surface area contributed by atoms with E-state index in [-0.39, 0.29) is 6.54 Å². The predicted molar refractivity (Wildman–Crippen MR) is 76.7 cm³/mol. The zero-order valence-electron chi connectivity index (χ0n) is 11.4. The van der Waals surface area contributed by atoms with Gasteiger partial charge < -0.3 is 10.6 Å². The van der Waals surface area contributed by atoms with Crippen molar-refractivity contribution in [3.63, 3.8) is 0 Å². The number of azo groups is 1. The highest BCUT2D eigenvalue weighted by Crippen LogP contribution is 2.08. The van der Waals surface area contributed by atoms with Crippen molar-refractivity contribution in [3.05, 3.63) is 60.2 Å². The molecule has 0 fully saturated rings. The van der Waals surface area contributed by atoms with E-state index in [4.69, 9.17) is 0 Å². The molecule has 0 aliphatic heterocycles. The van der Waals surface area contributed by atoms with Crippen LogP contribution in [0.3, 0.4) is 0 Å². The summed E-state index contributed by atoms with van der Waals surface area (Å²) in [6, 6.07) is 7.01. The van der Waals surface area contributed by atoms with Crippen LogP contribution in [0.1, 0.15) is 5.56 Å². The number of nitrogens with zero attached hydrogens (tertiary/aromatic N) is 3. The van der Waals surface area contributed by atoms with Crippen molar-refractivity contribution in [2.45, 2.75) is 6.54 Å². The second-order valence-electron chi connectivity index (χ2n) is 4.15. The Morgan fingerprint density at radius 1 is 1.00 bits per heavy atom. The third-order valence-corrected chi connectivity index (χ3v) is 2.52. The number of anilines is 1. The highest BCUT2D eigenvalue weighted by molar-refractivity contribution is 5.90. The minimum absolute atomic E-state index is 0.250. The van der Waals surface area contributed by atoms with Crippen molar-refractivity contribution >= 4 is 17.7 Å². The highest BCUT2D eigenvalue weighted by Gasteiger charge is 2.03. The first kappa shape index (κ1) is 15.2. The van der Waals surface area contributed by atoms with Crippen molar-refractivity contribution in [3.8, 4) is 0 Å². The Labute approximate surface area is 125 Å². The van der Waals surface area contributed by atoms with E-state index in [0.717, 1.165) is 5.56 Å². The molecule has 8 heteroatoms. The van der Waals surface area contributed by atoms with Gasteiger partial charge in [0.25, 0.3) is 0 Å². The molecule has 1 aromatic carbocycles. The minimum Gasteiger partial charge on any atom is -0.331 e. The number of hydrogen-bond donors (Lipinski definition) is 2. The minimum atomic E-state index is -0.828. The summed E-state index contributed by atoms with van der Waals surface area (Å²) in [5.74, 6) is -0.421. The summed E-state index contributed by atoms with van der Waals surface area (Å²) in [4.78, 5) is 26.7. The van der Waals surface area contributed by atoms with E-state index in [1.165, 1.54) is 24.3 Å². The van der Waals surface area contributed by atoms with Gasteiger partial charge in [0, 0.05) is 24.6 Å². The normalized spacial score (nSPS) is 10.4. The average molecular weight is 301 g/mol. The van der Waals surface area contributed by atoms with Crippen molar-refractivity contribution in [2.75, 3.05) is 5.32 Å². The lowest BCUT2D eigenvalue weighted by Gasteiger charge is -2.01. The third kappa shape index (κ3) is 5.08. The molecule has 0 unspecified atom stereocenters. The maximum Gasteiger partial charge on any atom is 0.364 e. The molecular weight excluding hydrogens is 289 g/mol. The molecule has 2 aromatic rings. The molecule has 0 saturated carbocycles. The van der Waals surface area contributed by atoms with Gasteiger partial charge in [0.2, 0.25) is 0 Å². The molecule has 0 aliphatic carbocycles. The first-order valence-electron chi connectivity index (χ1n) is 6.28. The second kappa shape index (κ2) is 7.58. The van der Waals surface area contributed by atoms with Crippen molar-refractivity contribution in [1.82, 2.24) is 10.3 Å². The zero-order valence-corrected chi connectivity index (χ0v) is 11.4. The van der Waals surface area contributed by atoms with Gasteiger partial charge in [0.15, 0.2) is 0 Å². The van der Waals surface area contributed by atoms with E-state index in [9.17, 15) is 14.0 Å². The Morgan fingerprint density at radius 2 is 1.64 bits per heavy atom. The molecular formula is C14H12FN5O2. The fourth-order valence-electron chi connectivity index (χ4n) is 1.49. The van der Waals surface area contributed by atoms with E-state index in [1.807, 2.05) is 0 Å². The molecule has 2 N–H and O–H groups in total. The Kier molecular flexibility index (Phi) is 5.25. The van der Waals surface area contributed by atoms with Crippen molar-refractivity contribution in [2.24, 2.45) is 10.2 Å². The number of halogens is 1. The molecule has 0 saturated heterocycles. The molecule has 0 bridgehead atoms. The number of carbonyl (C=O) groups excluding carboxylic acids is 2. The molecule has 1 heterocycles. The van der Waals surface area contributed by atoms with Crippen LogP contribution in [-0.4, -0.2) is 17.0 Å². The molecule has 0 atom stereocenters. The lowest BCUT2D eigenvalue weighted by molar-refractivity contribution is 0.244. The summed E-state index contributed by atoms with van der Waals surface area (Å²) < 4.78 is 12.7. The van der Waals surface area contributed by atoms with Crippen molar-refractivity contribution < 1.29 is 14.0 Å². The Morgan fingerprint density at radius 3 is 2.32 bits per heavy atom. The Balaban J connectivity index is 1.79. The molecule has 4 amide bonds. The molecule has 112 valence electrons. The summed E-state index contributed by atoms with van der Waals surface area (Å²) in [7, 11) is 0. The average Bonchev–Trinajstić information content (AvgIpc) is 2.54. The topological polar surface area (TPSA) is 95.8 Å². The van der Waals surface area contributed by atoms with Gasteiger partial charge in [-0.3, -0.25) is 4.98 Å². The van der Waals surface area contributed by atoms with Crippen LogP contribution < -0.4 is 10.6 Å². The molecule has 22 heavy (non-hydrogen) atoms. The first-order chi connectivity index (χ1) is 10.6. The van der Waals surface area contributed by atoms with Crippen LogP contribution in [0.25, 0.3) is 0 Å². The Hall–Kier alpha value is -3.16. The fraction of sp³-hybridized carbons (Fsp3) is 0.0714. The molecule has 0 spiro atoms.